The molecule has 1 saturated heterocycles. The van der Waals surface area contributed by atoms with E-state index in [0.717, 1.165) is 50.9 Å². The average molecular weight is 605 g/mol. The average Bonchev–Trinajstić information content (AvgIpc) is 3.74. The molecule has 248 valence electrons. The number of aliphatic hydroxyl groups is 1. The number of carbonyl (C=O) groups excluding carboxylic acids is 2. The largest absolute Gasteiger partial charge is 0.463 e. The standard InChI is InChI=1S/C37H64O6/c1-4-5-6-7-16-21-26-34-35(43-34)27-22-17-12-10-14-19-24-29-37(40)42-31-33(38)30-41-36(39)28-23-18-13-9-8-11-15-20-25-32(2)3/h10,14,16-17,21-22,32-35,38H,4-9,11-13,15,18-20,23-31H2,1-3H3/b14-10-,21-16-,22-17-/t33-,34?,35?/m1/s1. The van der Waals surface area contributed by atoms with Crippen LogP contribution in [0.15, 0.2) is 36.5 Å². The van der Waals surface area contributed by atoms with E-state index in [4.69, 9.17) is 14.2 Å². The van der Waals surface area contributed by atoms with Gasteiger partial charge in [0.2, 0.25) is 0 Å². The lowest BCUT2D eigenvalue weighted by molar-refractivity contribution is -0.152. The van der Waals surface area contributed by atoms with Gasteiger partial charge in [0, 0.05) is 12.8 Å². The molecule has 0 spiro atoms. The fourth-order valence-electron chi connectivity index (χ4n) is 4.89. The highest BCUT2D eigenvalue weighted by Gasteiger charge is 2.35. The van der Waals surface area contributed by atoms with Crippen LogP contribution in [-0.4, -0.2) is 48.6 Å². The Bertz CT molecular complexity index is 771. The lowest BCUT2D eigenvalue weighted by atomic mass is 10.0. The van der Waals surface area contributed by atoms with Crippen molar-refractivity contribution in [2.75, 3.05) is 13.2 Å². The quantitative estimate of drug-likeness (QED) is 0.0396. The minimum absolute atomic E-state index is 0.136. The third-order valence-corrected chi connectivity index (χ3v) is 7.71. The minimum atomic E-state index is -0.987. The van der Waals surface area contributed by atoms with E-state index in [1.165, 1.54) is 64.2 Å². The Morgan fingerprint density at radius 3 is 1.81 bits per heavy atom. The van der Waals surface area contributed by atoms with Gasteiger partial charge in [-0.15, -0.1) is 0 Å². The molecule has 0 aromatic rings. The molecule has 0 aliphatic carbocycles. The van der Waals surface area contributed by atoms with Crippen LogP contribution in [0, 0.1) is 5.92 Å². The number of unbranched alkanes of at least 4 members (excludes halogenated alkanes) is 11. The number of epoxide rings is 1. The van der Waals surface area contributed by atoms with Gasteiger partial charge in [-0.3, -0.25) is 9.59 Å². The molecule has 1 fully saturated rings. The molecule has 1 aliphatic rings. The van der Waals surface area contributed by atoms with Gasteiger partial charge in [0.1, 0.15) is 19.3 Å². The topological polar surface area (TPSA) is 85.4 Å². The molecule has 0 aromatic heterocycles. The second-order valence-corrected chi connectivity index (χ2v) is 12.5. The molecule has 0 aromatic carbocycles. The molecule has 1 rings (SSSR count). The summed E-state index contributed by atoms with van der Waals surface area (Å²) in [4.78, 5) is 23.8. The Labute approximate surface area is 263 Å². The van der Waals surface area contributed by atoms with Crippen LogP contribution in [0.25, 0.3) is 0 Å². The highest BCUT2D eigenvalue weighted by Crippen LogP contribution is 2.29. The van der Waals surface area contributed by atoms with Crippen molar-refractivity contribution in [3.05, 3.63) is 36.5 Å². The number of rotatable bonds is 29. The van der Waals surface area contributed by atoms with Gasteiger partial charge in [-0.05, 0) is 57.3 Å². The van der Waals surface area contributed by atoms with Crippen molar-refractivity contribution >= 4 is 11.9 Å². The molecule has 6 heteroatoms. The maximum atomic E-state index is 11.9. The number of hydrogen-bond donors (Lipinski definition) is 1. The van der Waals surface area contributed by atoms with E-state index in [0.29, 0.717) is 31.5 Å². The van der Waals surface area contributed by atoms with Crippen molar-refractivity contribution < 1.29 is 28.9 Å². The van der Waals surface area contributed by atoms with Crippen LogP contribution >= 0.6 is 0 Å². The van der Waals surface area contributed by atoms with Crippen molar-refractivity contribution in [3.8, 4) is 0 Å². The van der Waals surface area contributed by atoms with E-state index in [9.17, 15) is 14.7 Å². The Balaban J connectivity index is 1.89. The highest BCUT2D eigenvalue weighted by atomic mass is 16.6. The summed E-state index contributed by atoms with van der Waals surface area (Å²) in [7, 11) is 0. The summed E-state index contributed by atoms with van der Waals surface area (Å²) in [6, 6.07) is 0. The summed E-state index contributed by atoms with van der Waals surface area (Å²) in [6.07, 6.45) is 33.8. The van der Waals surface area contributed by atoms with Gasteiger partial charge in [0.05, 0.1) is 12.2 Å². The van der Waals surface area contributed by atoms with Crippen LogP contribution in [0.4, 0.5) is 0 Å². The Morgan fingerprint density at radius 1 is 0.674 bits per heavy atom. The predicted octanol–water partition coefficient (Wildman–Crippen LogP) is 9.35. The smallest absolute Gasteiger partial charge is 0.305 e. The Morgan fingerprint density at radius 2 is 1.19 bits per heavy atom. The number of esters is 2. The number of allylic oxidation sites excluding steroid dienone is 4. The molecule has 0 radical (unpaired) electrons. The van der Waals surface area contributed by atoms with Crippen LogP contribution < -0.4 is 0 Å². The van der Waals surface area contributed by atoms with Crippen LogP contribution in [0.2, 0.25) is 0 Å². The Kier molecular flexibility index (Phi) is 25.1. The molecule has 1 heterocycles. The predicted molar refractivity (Wildman–Crippen MR) is 177 cm³/mol. The molecule has 0 saturated carbocycles. The normalized spacial score (nSPS) is 17.4. The van der Waals surface area contributed by atoms with E-state index < -0.39 is 6.10 Å². The molecular formula is C37H64O6. The SMILES string of the molecule is CCCCC/C=C\CC1OC1C/C=C\C/C=C\CCCC(=O)OC[C@H](O)COC(=O)CCCCCCCCCCC(C)C. The summed E-state index contributed by atoms with van der Waals surface area (Å²) < 4.78 is 16.0. The minimum Gasteiger partial charge on any atom is -0.463 e. The van der Waals surface area contributed by atoms with Gasteiger partial charge in [-0.2, -0.15) is 0 Å². The van der Waals surface area contributed by atoms with E-state index in [1.807, 2.05) is 0 Å². The first-order valence-electron chi connectivity index (χ1n) is 17.5. The van der Waals surface area contributed by atoms with E-state index >= 15 is 0 Å². The molecule has 0 bridgehead atoms. The lowest BCUT2D eigenvalue weighted by Crippen LogP contribution is -2.25. The van der Waals surface area contributed by atoms with Crippen molar-refractivity contribution in [2.45, 2.75) is 167 Å². The van der Waals surface area contributed by atoms with Gasteiger partial charge in [-0.25, -0.2) is 0 Å². The van der Waals surface area contributed by atoms with Gasteiger partial charge in [0.25, 0.3) is 0 Å². The molecule has 1 aliphatic heterocycles. The van der Waals surface area contributed by atoms with Gasteiger partial charge < -0.3 is 19.3 Å². The molecule has 6 nitrogen and oxygen atoms in total. The first kappa shape index (κ1) is 39.1. The third-order valence-electron chi connectivity index (χ3n) is 7.71. The monoisotopic (exact) mass is 604 g/mol. The van der Waals surface area contributed by atoms with Gasteiger partial charge in [0.15, 0.2) is 0 Å². The number of carbonyl (C=O) groups is 2. The second kappa shape index (κ2) is 27.6. The van der Waals surface area contributed by atoms with Gasteiger partial charge in [-0.1, -0.05) is 121 Å². The van der Waals surface area contributed by atoms with Crippen molar-refractivity contribution in [3.63, 3.8) is 0 Å². The summed E-state index contributed by atoms with van der Waals surface area (Å²) >= 11 is 0. The molecule has 2 unspecified atom stereocenters. The maximum absolute atomic E-state index is 11.9. The summed E-state index contributed by atoms with van der Waals surface area (Å²) in [5.74, 6) is 0.164. The fourth-order valence-corrected chi connectivity index (χ4v) is 4.89. The van der Waals surface area contributed by atoms with Crippen LogP contribution in [0.1, 0.15) is 149 Å². The van der Waals surface area contributed by atoms with E-state index in [-0.39, 0.29) is 25.2 Å². The second-order valence-electron chi connectivity index (χ2n) is 12.5. The summed E-state index contributed by atoms with van der Waals surface area (Å²) in [5.41, 5.74) is 0. The van der Waals surface area contributed by atoms with Crippen LogP contribution in [0.5, 0.6) is 0 Å². The number of ether oxygens (including phenoxy) is 3. The van der Waals surface area contributed by atoms with Crippen LogP contribution in [-0.2, 0) is 23.8 Å². The maximum Gasteiger partial charge on any atom is 0.305 e. The highest BCUT2D eigenvalue weighted by molar-refractivity contribution is 5.69. The third kappa shape index (κ3) is 26.2. The zero-order chi connectivity index (χ0) is 31.4. The van der Waals surface area contributed by atoms with Crippen molar-refractivity contribution in [2.24, 2.45) is 5.92 Å². The Hall–Kier alpha value is -1.92. The first-order chi connectivity index (χ1) is 20.9. The molecule has 1 N–H and O–H groups in total. The molecule has 3 atom stereocenters. The van der Waals surface area contributed by atoms with E-state index in [1.54, 1.807) is 0 Å². The fraction of sp³-hybridized carbons (Fsp3) is 0.784. The molecular weight excluding hydrogens is 540 g/mol. The van der Waals surface area contributed by atoms with Gasteiger partial charge >= 0.3 is 11.9 Å². The first-order valence-corrected chi connectivity index (χ1v) is 17.5. The zero-order valence-corrected chi connectivity index (χ0v) is 27.8. The van der Waals surface area contributed by atoms with Crippen molar-refractivity contribution in [1.82, 2.24) is 0 Å². The number of aliphatic hydroxyl groups excluding tert-OH is 1. The lowest BCUT2D eigenvalue weighted by Gasteiger charge is -2.12. The molecule has 0 amide bonds. The number of hydrogen-bond acceptors (Lipinski definition) is 6. The molecule has 43 heavy (non-hydrogen) atoms. The van der Waals surface area contributed by atoms with Crippen LogP contribution in [0.3, 0.4) is 0 Å². The van der Waals surface area contributed by atoms with E-state index in [2.05, 4.69) is 57.2 Å². The summed E-state index contributed by atoms with van der Waals surface area (Å²) in [6.45, 7) is 6.50. The zero-order valence-electron chi connectivity index (χ0n) is 27.8. The summed E-state index contributed by atoms with van der Waals surface area (Å²) in [5, 5.41) is 9.96. The van der Waals surface area contributed by atoms with Crippen molar-refractivity contribution in [1.29, 1.82) is 0 Å².